The third-order valence-corrected chi connectivity index (χ3v) is 18.3. The first-order valence-corrected chi connectivity index (χ1v) is 21.6. The first-order valence-electron chi connectivity index (χ1n) is 16.2. The first kappa shape index (κ1) is 37.8. The molecule has 0 saturated heterocycles. The van der Waals surface area contributed by atoms with E-state index in [-0.39, 0.29) is 11.1 Å². The third-order valence-electron chi connectivity index (χ3n) is 9.08. The van der Waals surface area contributed by atoms with Crippen LogP contribution in [0.25, 0.3) is 0 Å². The average Bonchev–Trinajstić information content (AvgIpc) is 2.94. The first-order chi connectivity index (χ1) is 19.3. The topological polar surface area (TPSA) is 36.9 Å². The molecule has 6 heteroatoms. The molecule has 0 aliphatic rings. The van der Waals surface area contributed by atoms with Gasteiger partial charge in [0.05, 0.1) is 13.7 Å². The lowest BCUT2D eigenvalue weighted by atomic mass is 10.00. The second kappa shape index (κ2) is 19.2. The van der Waals surface area contributed by atoms with Gasteiger partial charge in [0.15, 0.2) is 16.6 Å². The van der Waals surface area contributed by atoms with E-state index in [0.717, 1.165) is 63.9 Å². The van der Waals surface area contributed by atoms with Crippen molar-refractivity contribution in [2.75, 3.05) is 20.3 Å². The molecule has 0 aliphatic carbocycles. The van der Waals surface area contributed by atoms with Gasteiger partial charge in [-0.15, -0.1) is 0 Å². The van der Waals surface area contributed by atoms with Crippen molar-refractivity contribution in [3.8, 4) is 5.75 Å². The summed E-state index contributed by atoms with van der Waals surface area (Å²) in [4.78, 5) is 0. The van der Waals surface area contributed by atoms with E-state index in [4.69, 9.17) is 18.3 Å². The average molecular weight is 605 g/mol. The minimum absolute atomic E-state index is 0.257. The predicted octanol–water partition coefficient (Wildman–Crippen LogP) is 10.9. The summed E-state index contributed by atoms with van der Waals surface area (Å²) in [5.41, 5.74) is 3.95. The van der Waals surface area contributed by atoms with Gasteiger partial charge in [0, 0.05) is 19.3 Å². The Hall–Kier alpha value is -1.19. The molecule has 0 aliphatic heterocycles. The normalized spacial score (nSPS) is 13.9. The summed E-state index contributed by atoms with van der Waals surface area (Å²) in [5.74, 6) is 0.880. The van der Waals surface area contributed by atoms with Crippen molar-refractivity contribution in [2.24, 2.45) is 0 Å². The highest BCUT2D eigenvalue weighted by Gasteiger charge is 2.37. The maximum absolute atomic E-state index is 7.02. The molecular formula is C35H64O4Si2. The van der Waals surface area contributed by atoms with Crippen molar-refractivity contribution in [1.82, 2.24) is 0 Å². The Morgan fingerprint density at radius 2 is 1.59 bits per heavy atom. The summed E-state index contributed by atoms with van der Waals surface area (Å²) in [6, 6.07) is 11.7. The highest BCUT2D eigenvalue weighted by atomic mass is 28.4. The number of unbranched alkanes of at least 4 members (excludes halogenated alkanes) is 1. The van der Waals surface area contributed by atoms with Crippen LogP contribution in [-0.4, -0.2) is 43.1 Å². The molecule has 1 atom stereocenters. The number of hydrogen-bond acceptors (Lipinski definition) is 4. The van der Waals surface area contributed by atoms with Crippen LogP contribution in [0.15, 0.2) is 48.1 Å². The van der Waals surface area contributed by atoms with Crippen molar-refractivity contribution in [2.45, 2.75) is 142 Å². The van der Waals surface area contributed by atoms with Crippen LogP contribution < -0.4 is 4.74 Å². The SMILES string of the molecule is C=C(CCCO[Si](C)(C)C(C)(C)C)C[C@H](CC/C(C)=C/CCCOCc1ccc(OC)cc1)O[Si](CC)(CC)CC. The van der Waals surface area contributed by atoms with Crippen LogP contribution in [0.5, 0.6) is 5.75 Å². The Balaban J connectivity index is 2.54. The molecule has 0 spiro atoms. The summed E-state index contributed by atoms with van der Waals surface area (Å²) in [7, 11) is -1.68. The van der Waals surface area contributed by atoms with Gasteiger partial charge in [-0.3, -0.25) is 0 Å². The Labute approximate surface area is 256 Å². The number of rotatable bonds is 22. The maximum atomic E-state index is 7.02. The summed E-state index contributed by atoms with van der Waals surface area (Å²) in [6.07, 6.45) is 9.97. The largest absolute Gasteiger partial charge is 0.497 e. The van der Waals surface area contributed by atoms with E-state index in [9.17, 15) is 0 Å². The zero-order valence-electron chi connectivity index (χ0n) is 28.5. The molecule has 0 heterocycles. The minimum atomic E-state index is -1.69. The fraction of sp³-hybridized carbons (Fsp3) is 0.714. The molecule has 0 fully saturated rings. The van der Waals surface area contributed by atoms with E-state index in [1.54, 1.807) is 7.11 Å². The molecule has 236 valence electrons. The van der Waals surface area contributed by atoms with Gasteiger partial charge in [-0.2, -0.15) is 0 Å². The zero-order valence-corrected chi connectivity index (χ0v) is 30.5. The van der Waals surface area contributed by atoms with Crippen LogP contribution in [0.3, 0.4) is 0 Å². The molecule has 0 unspecified atom stereocenters. The van der Waals surface area contributed by atoms with Gasteiger partial charge in [0.25, 0.3) is 0 Å². The molecule has 4 nitrogen and oxygen atoms in total. The monoisotopic (exact) mass is 604 g/mol. The molecule has 0 amide bonds. The molecule has 1 rings (SSSR count). The second-order valence-electron chi connectivity index (χ2n) is 13.3. The smallest absolute Gasteiger partial charge is 0.192 e. The van der Waals surface area contributed by atoms with Crippen LogP contribution in [0.1, 0.15) is 99.0 Å². The summed E-state index contributed by atoms with van der Waals surface area (Å²) >= 11 is 0. The Bertz CT molecular complexity index is 874. The maximum Gasteiger partial charge on any atom is 0.192 e. The number of methoxy groups -OCH3 is 1. The van der Waals surface area contributed by atoms with E-state index in [2.05, 4.69) is 86.3 Å². The molecule has 1 aromatic rings. The van der Waals surface area contributed by atoms with Crippen molar-refractivity contribution < 1.29 is 18.3 Å². The van der Waals surface area contributed by atoms with Gasteiger partial charge < -0.3 is 18.3 Å². The van der Waals surface area contributed by atoms with Gasteiger partial charge in [0.1, 0.15) is 5.75 Å². The second-order valence-corrected chi connectivity index (χ2v) is 22.8. The molecule has 0 aromatic heterocycles. The molecule has 41 heavy (non-hydrogen) atoms. The van der Waals surface area contributed by atoms with E-state index >= 15 is 0 Å². The Morgan fingerprint density at radius 1 is 0.951 bits per heavy atom. The standard InChI is InChI=1S/C35H64O4Si2/c1-12-41(13-2,14-3)39-34(28-31(5)19-17-27-38-40(10,11)35(6,7)8)23-20-30(4)18-15-16-26-37-29-32-21-24-33(36-9)25-22-32/h18,21-22,24-25,34H,5,12-17,19-20,23,26-29H2,1-4,6-11H3/b30-18+/t34-/m0/s1. The van der Waals surface area contributed by atoms with Gasteiger partial charge in [-0.05, 0) is 106 Å². The van der Waals surface area contributed by atoms with E-state index < -0.39 is 16.6 Å². The van der Waals surface area contributed by atoms with Gasteiger partial charge in [0.2, 0.25) is 0 Å². The number of benzene rings is 1. The van der Waals surface area contributed by atoms with Crippen LogP contribution in [0.2, 0.25) is 36.3 Å². The predicted molar refractivity (Wildman–Crippen MR) is 183 cm³/mol. The van der Waals surface area contributed by atoms with Crippen LogP contribution >= 0.6 is 0 Å². The van der Waals surface area contributed by atoms with Crippen molar-refractivity contribution in [3.63, 3.8) is 0 Å². The summed E-state index contributed by atoms with van der Waals surface area (Å²) in [6.45, 7) is 27.6. The summed E-state index contributed by atoms with van der Waals surface area (Å²) in [5, 5.41) is 0.257. The lowest BCUT2D eigenvalue weighted by molar-refractivity contribution is 0.119. The van der Waals surface area contributed by atoms with Crippen molar-refractivity contribution in [1.29, 1.82) is 0 Å². The fourth-order valence-corrected chi connectivity index (χ4v) is 8.78. The van der Waals surface area contributed by atoms with E-state index in [1.165, 1.54) is 34.8 Å². The molecular weight excluding hydrogens is 541 g/mol. The molecule has 0 bridgehead atoms. The molecule has 0 radical (unpaired) electrons. The van der Waals surface area contributed by atoms with Crippen molar-refractivity contribution >= 4 is 16.6 Å². The Morgan fingerprint density at radius 3 is 2.15 bits per heavy atom. The third kappa shape index (κ3) is 14.7. The van der Waals surface area contributed by atoms with Crippen LogP contribution in [0, 0.1) is 0 Å². The quantitative estimate of drug-likeness (QED) is 0.0749. The highest BCUT2D eigenvalue weighted by molar-refractivity contribution is 6.74. The van der Waals surface area contributed by atoms with Crippen LogP contribution in [-0.2, 0) is 20.2 Å². The number of ether oxygens (including phenoxy) is 2. The summed E-state index contributed by atoms with van der Waals surface area (Å²) < 4.78 is 24.5. The fourth-order valence-electron chi connectivity index (χ4n) is 4.78. The number of allylic oxidation sites excluding steroid dienone is 2. The van der Waals surface area contributed by atoms with Gasteiger partial charge in [-0.1, -0.05) is 77.5 Å². The lowest BCUT2D eigenvalue weighted by Gasteiger charge is -2.36. The van der Waals surface area contributed by atoms with Crippen LogP contribution in [0.4, 0.5) is 0 Å². The minimum Gasteiger partial charge on any atom is -0.497 e. The van der Waals surface area contributed by atoms with Gasteiger partial charge in [-0.25, -0.2) is 0 Å². The molecule has 0 saturated carbocycles. The van der Waals surface area contributed by atoms with Crippen molar-refractivity contribution in [3.05, 3.63) is 53.6 Å². The lowest BCUT2D eigenvalue weighted by Crippen LogP contribution is -2.41. The molecule has 1 aromatic carbocycles. The van der Waals surface area contributed by atoms with E-state index in [0.29, 0.717) is 6.61 Å². The number of hydrogen-bond donors (Lipinski definition) is 0. The van der Waals surface area contributed by atoms with E-state index in [1.807, 2.05) is 12.1 Å². The highest BCUT2D eigenvalue weighted by Crippen LogP contribution is 2.36. The van der Waals surface area contributed by atoms with Gasteiger partial charge >= 0.3 is 0 Å². The Kier molecular flexibility index (Phi) is 17.7. The zero-order chi connectivity index (χ0) is 30.9. The molecule has 0 N–H and O–H groups in total.